The molecule has 0 radical (unpaired) electrons. The number of methoxy groups -OCH3 is 1. The quantitative estimate of drug-likeness (QED) is 0.788. The monoisotopic (exact) mass is 282 g/mol. The Bertz CT molecular complexity index is 700. The summed E-state index contributed by atoms with van der Waals surface area (Å²) >= 11 is 5.77. The van der Waals surface area contributed by atoms with Crippen LogP contribution in [-0.2, 0) is 4.74 Å². The first-order chi connectivity index (χ1) is 9.02. The van der Waals surface area contributed by atoms with Crippen LogP contribution >= 0.6 is 11.6 Å². The predicted molar refractivity (Wildman–Crippen MR) is 66.1 cm³/mol. The van der Waals surface area contributed by atoms with Gasteiger partial charge in [-0.25, -0.2) is 13.9 Å². The summed E-state index contributed by atoms with van der Waals surface area (Å²) in [6.07, 6.45) is 1.24. The normalized spacial score (nSPS) is 10.3. The first kappa shape index (κ1) is 13.2. The molecule has 1 heterocycles. The fourth-order valence-electron chi connectivity index (χ4n) is 1.44. The predicted octanol–water partition coefficient (Wildman–Crippen LogP) is 1.81. The Hall–Kier alpha value is -2.21. The summed E-state index contributed by atoms with van der Waals surface area (Å²) in [4.78, 5) is 22.8. The maximum absolute atomic E-state index is 13.7. The number of aromatic nitrogens is 2. The standard InChI is InChI=1S/C12H8ClFN2O3/c1-19-12(18)11-10(17)4-5-16(15-11)9-6-7(13)2-3-8(9)14/h2-6H,1H3. The maximum atomic E-state index is 13.7. The zero-order chi connectivity index (χ0) is 14.0. The number of hydrogen-bond donors (Lipinski definition) is 0. The molecule has 0 atom stereocenters. The highest BCUT2D eigenvalue weighted by atomic mass is 35.5. The Morgan fingerprint density at radius 1 is 1.42 bits per heavy atom. The minimum Gasteiger partial charge on any atom is -0.464 e. The van der Waals surface area contributed by atoms with Crippen molar-refractivity contribution in [1.29, 1.82) is 0 Å². The summed E-state index contributed by atoms with van der Waals surface area (Å²) in [5, 5.41) is 4.05. The van der Waals surface area contributed by atoms with Crippen LogP contribution in [0, 0.1) is 5.82 Å². The van der Waals surface area contributed by atoms with Crippen molar-refractivity contribution in [3.8, 4) is 5.69 Å². The third-order valence-electron chi connectivity index (χ3n) is 2.34. The minimum atomic E-state index is -0.887. The lowest BCUT2D eigenvalue weighted by molar-refractivity contribution is 0.0590. The van der Waals surface area contributed by atoms with Gasteiger partial charge in [-0.15, -0.1) is 0 Å². The number of benzene rings is 1. The number of halogens is 2. The number of nitrogens with zero attached hydrogens (tertiary/aromatic N) is 2. The molecule has 5 nitrogen and oxygen atoms in total. The van der Waals surface area contributed by atoms with Crippen LogP contribution in [0.1, 0.15) is 10.5 Å². The van der Waals surface area contributed by atoms with Crippen molar-refractivity contribution >= 4 is 17.6 Å². The molecular formula is C12H8ClFN2O3. The molecule has 19 heavy (non-hydrogen) atoms. The van der Waals surface area contributed by atoms with Gasteiger partial charge < -0.3 is 4.74 Å². The van der Waals surface area contributed by atoms with Crippen LogP contribution in [-0.4, -0.2) is 22.9 Å². The molecule has 0 aliphatic carbocycles. The van der Waals surface area contributed by atoms with Gasteiger partial charge in [-0.3, -0.25) is 4.79 Å². The van der Waals surface area contributed by atoms with Crippen molar-refractivity contribution in [3.63, 3.8) is 0 Å². The Morgan fingerprint density at radius 3 is 2.84 bits per heavy atom. The second kappa shape index (κ2) is 5.19. The van der Waals surface area contributed by atoms with Crippen LogP contribution in [0.4, 0.5) is 4.39 Å². The lowest BCUT2D eigenvalue weighted by Gasteiger charge is -2.07. The van der Waals surface area contributed by atoms with E-state index < -0.39 is 22.9 Å². The summed E-state index contributed by atoms with van der Waals surface area (Å²) in [5.41, 5.74) is -1.01. The molecule has 2 rings (SSSR count). The average Bonchev–Trinajstić information content (AvgIpc) is 2.41. The molecule has 0 unspecified atom stereocenters. The second-order valence-corrected chi connectivity index (χ2v) is 4.00. The zero-order valence-corrected chi connectivity index (χ0v) is 10.5. The molecule has 98 valence electrons. The second-order valence-electron chi connectivity index (χ2n) is 3.56. The fraction of sp³-hybridized carbons (Fsp3) is 0.0833. The molecule has 7 heteroatoms. The van der Waals surface area contributed by atoms with Gasteiger partial charge in [0.2, 0.25) is 11.1 Å². The molecule has 0 aliphatic heterocycles. The molecule has 0 amide bonds. The van der Waals surface area contributed by atoms with E-state index in [1.54, 1.807) is 0 Å². The lowest BCUT2D eigenvalue weighted by atomic mass is 10.3. The van der Waals surface area contributed by atoms with E-state index in [9.17, 15) is 14.0 Å². The van der Waals surface area contributed by atoms with Crippen molar-refractivity contribution in [3.05, 3.63) is 57.2 Å². The first-order valence-electron chi connectivity index (χ1n) is 5.16. The van der Waals surface area contributed by atoms with E-state index >= 15 is 0 Å². The molecule has 0 spiro atoms. The van der Waals surface area contributed by atoms with Gasteiger partial charge in [-0.1, -0.05) is 11.6 Å². The summed E-state index contributed by atoms with van der Waals surface area (Å²) < 4.78 is 19.1. The highest BCUT2D eigenvalue weighted by molar-refractivity contribution is 6.30. The fourth-order valence-corrected chi connectivity index (χ4v) is 1.61. The Labute approximate surface area is 112 Å². The minimum absolute atomic E-state index is 0.0256. The van der Waals surface area contributed by atoms with Crippen molar-refractivity contribution < 1.29 is 13.9 Å². The van der Waals surface area contributed by atoms with E-state index in [1.165, 1.54) is 18.3 Å². The van der Waals surface area contributed by atoms with Crippen molar-refractivity contribution in [2.45, 2.75) is 0 Å². The molecule has 0 fully saturated rings. The van der Waals surface area contributed by atoms with E-state index in [-0.39, 0.29) is 5.69 Å². The van der Waals surface area contributed by atoms with Gasteiger partial charge in [-0.2, -0.15) is 5.10 Å². The SMILES string of the molecule is COC(=O)c1nn(-c2cc(Cl)ccc2F)ccc1=O. The smallest absolute Gasteiger partial charge is 0.362 e. The van der Waals surface area contributed by atoms with Gasteiger partial charge in [0.15, 0.2) is 0 Å². The summed E-state index contributed by atoms with van der Waals surface area (Å²) in [5.74, 6) is -1.47. The van der Waals surface area contributed by atoms with Gasteiger partial charge >= 0.3 is 5.97 Å². The van der Waals surface area contributed by atoms with Crippen molar-refractivity contribution in [1.82, 2.24) is 9.78 Å². The average molecular weight is 283 g/mol. The molecule has 0 saturated heterocycles. The van der Waals surface area contributed by atoms with Crippen molar-refractivity contribution in [2.24, 2.45) is 0 Å². The Morgan fingerprint density at radius 2 is 2.16 bits per heavy atom. The molecule has 2 aromatic rings. The van der Waals surface area contributed by atoms with Gasteiger partial charge in [0.1, 0.15) is 11.5 Å². The number of esters is 1. The van der Waals surface area contributed by atoms with Crippen LogP contribution in [0.2, 0.25) is 5.02 Å². The molecule has 1 aromatic carbocycles. The number of rotatable bonds is 2. The van der Waals surface area contributed by atoms with Crippen LogP contribution in [0.15, 0.2) is 35.3 Å². The van der Waals surface area contributed by atoms with E-state index in [4.69, 9.17) is 11.6 Å². The van der Waals surface area contributed by atoms with Gasteiger partial charge in [-0.05, 0) is 18.2 Å². The van der Waals surface area contributed by atoms with Crippen LogP contribution < -0.4 is 5.43 Å². The highest BCUT2D eigenvalue weighted by Crippen LogP contribution is 2.17. The number of carbonyl (C=O) groups excluding carboxylic acids is 1. The molecule has 0 N–H and O–H groups in total. The summed E-state index contributed by atoms with van der Waals surface area (Å²) in [7, 11) is 1.13. The zero-order valence-electron chi connectivity index (χ0n) is 9.76. The third-order valence-corrected chi connectivity index (χ3v) is 2.58. The van der Waals surface area contributed by atoms with Gasteiger partial charge in [0, 0.05) is 17.3 Å². The Balaban J connectivity index is 2.61. The lowest BCUT2D eigenvalue weighted by Crippen LogP contribution is -2.21. The number of carbonyl (C=O) groups is 1. The topological polar surface area (TPSA) is 61.2 Å². The molecule has 0 saturated carbocycles. The van der Waals surface area contributed by atoms with Crippen LogP contribution in [0.5, 0.6) is 0 Å². The Kier molecular flexibility index (Phi) is 3.62. The maximum Gasteiger partial charge on any atom is 0.362 e. The van der Waals surface area contributed by atoms with Crippen LogP contribution in [0.25, 0.3) is 5.69 Å². The number of hydrogen-bond acceptors (Lipinski definition) is 4. The summed E-state index contributed by atoms with van der Waals surface area (Å²) in [6.45, 7) is 0. The molecule has 0 aliphatic rings. The number of ether oxygens (including phenoxy) is 1. The van der Waals surface area contributed by atoms with E-state index in [1.807, 2.05) is 0 Å². The van der Waals surface area contributed by atoms with Gasteiger partial charge in [0.25, 0.3) is 0 Å². The highest BCUT2D eigenvalue weighted by Gasteiger charge is 2.14. The summed E-state index contributed by atoms with van der Waals surface area (Å²) in [6, 6.07) is 4.97. The molecule has 0 bridgehead atoms. The largest absolute Gasteiger partial charge is 0.464 e. The van der Waals surface area contributed by atoms with E-state index in [0.717, 1.165) is 23.9 Å². The molecular weight excluding hydrogens is 275 g/mol. The van der Waals surface area contributed by atoms with Crippen molar-refractivity contribution in [2.75, 3.05) is 7.11 Å². The van der Waals surface area contributed by atoms with Crippen LogP contribution in [0.3, 0.4) is 0 Å². The van der Waals surface area contributed by atoms with E-state index in [0.29, 0.717) is 5.02 Å². The van der Waals surface area contributed by atoms with E-state index in [2.05, 4.69) is 9.84 Å². The first-order valence-corrected chi connectivity index (χ1v) is 5.54. The molecule has 1 aromatic heterocycles. The van der Waals surface area contributed by atoms with Gasteiger partial charge in [0.05, 0.1) is 7.11 Å². The third kappa shape index (κ3) is 2.63.